The van der Waals surface area contributed by atoms with Crippen LogP contribution in [-0.4, -0.2) is 11.5 Å². The summed E-state index contributed by atoms with van der Waals surface area (Å²) in [5.41, 5.74) is 6.57. The first-order valence-corrected chi connectivity index (χ1v) is 5.75. The predicted molar refractivity (Wildman–Crippen MR) is 62.0 cm³/mol. The van der Waals surface area contributed by atoms with Gasteiger partial charge in [-0.25, -0.2) is 4.98 Å². The highest BCUT2D eigenvalue weighted by Gasteiger charge is 2.15. The fraction of sp³-hybridized carbons (Fsp3) is 0.364. The van der Waals surface area contributed by atoms with E-state index in [0.29, 0.717) is 12.5 Å². The molecule has 1 unspecified atom stereocenters. The van der Waals surface area contributed by atoms with Crippen LogP contribution in [0.5, 0.6) is 0 Å². The topological polar surface area (TPSA) is 52.0 Å². The molecule has 4 heteroatoms. The molecule has 2 rings (SSSR count). The summed E-state index contributed by atoms with van der Waals surface area (Å²) in [6.45, 7) is 4.77. The Hall–Kier alpha value is -1.13. The van der Waals surface area contributed by atoms with Gasteiger partial charge in [-0.1, -0.05) is 6.92 Å². The van der Waals surface area contributed by atoms with Crippen molar-refractivity contribution in [2.75, 3.05) is 6.54 Å². The SMILES string of the molecule is Cc1sc(C(C)CN)nc1-c1ccco1. The van der Waals surface area contributed by atoms with Crippen molar-refractivity contribution in [3.8, 4) is 11.5 Å². The molecular formula is C11H14N2OS. The molecular weight excluding hydrogens is 208 g/mol. The van der Waals surface area contributed by atoms with Crippen LogP contribution in [0.3, 0.4) is 0 Å². The molecule has 0 fully saturated rings. The minimum atomic E-state index is 0.317. The zero-order valence-electron chi connectivity index (χ0n) is 8.86. The maximum atomic E-state index is 5.63. The number of hydrogen-bond donors (Lipinski definition) is 1. The molecule has 0 saturated heterocycles. The van der Waals surface area contributed by atoms with E-state index in [9.17, 15) is 0 Å². The number of furan rings is 1. The van der Waals surface area contributed by atoms with Crippen molar-refractivity contribution in [1.29, 1.82) is 0 Å². The molecule has 0 bridgehead atoms. The summed E-state index contributed by atoms with van der Waals surface area (Å²) in [6, 6.07) is 3.80. The van der Waals surface area contributed by atoms with E-state index in [2.05, 4.69) is 18.8 Å². The van der Waals surface area contributed by atoms with Gasteiger partial charge in [0.25, 0.3) is 0 Å². The summed E-state index contributed by atoms with van der Waals surface area (Å²) in [4.78, 5) is 5.75. The van der Waals surface area contributed by atoms with E-state index in [1.807, 2.05) is 12.1 Å². The van der Waals surface area contributed by atoms with E-state index in [0.717, 1.165) is 16.5 Å². The Morgan fingerprint density at radius 3 is 3.00 bits per heavy atom. The number of aromatic nitrogens is 1. The summed E-state index contributed by atoms with van der Waals surface area (Å²) in [7, 11) is 0. The molecule has 2 heterocycles. The molecule has 15 heavy (non-hydrogen) atoms. The maximum Gasteiger partial charge on any atom is 0.153 e. The van der Waals surface area contributed by atoms with Crippen molar-refractivity contribution < 1.29 is 4.42 Å². The van der Waals surface area contributed by atoms with Crippen molar-refractivity contribution >= 4 is 11.3 Å². The first kappa shape index (κ1) is 10.4. The van der Waals surface area contributed by atoms with Gasteiger partial charge in [-0.15, -0.1) is 11.3 Å². The first-order chi connectivity index (χ1) is 7.22. The van der Waals surface area contributed by atoms with Crippen molar-refractivity contribution in [3.63, 3.8) is 0 Å². The second-order valence-electron chi connectivity index (χ2n) is 3.57. The number of nitrogens with zero attached hydrogens (tertiary/aromatic N) is 1. The van der Waals surface area contributed by atoms with E-state index >= 15 is 0 Å². The second kappa shape index (κ2) is 4.16. The summed E-state index contributed by atoms with van der Waals surface area (Å²) in [6.07, 6.45) is 1.67. The maximum absolute atomic E-state index is 5.63. The highest BCUT2D eigenvalue weighted by atomic mass is 32.1. The molecule has 3 nitrogen and oxygen atoms in total. The van der Waals surface area contributed by atoms with Crippen LogP contribution in [0.15, 0.2) is 22.8 Å². The molecule has 0 spiro atoms. The molecule has 80 valence electrons. The number of thiazole rings is 1. The first-order valence-electron chi connectivity index (χ1n) is 4.93. The van der Waals surface area contributed by atoms with Crippen LogP contribution in [0.1, 0.15) is 22.7 Å². The molecule has 0 radical (unpaired) electrons. The average molecular weight is 222 g/mol. The summed E-state index contributed by atoms with van der Waals surface area (Å²) < 4.78 is 5.34. The molecule has 0 amide bonds. The van der Waals surface area contributed by atoms with Gasteiger partial charge >= 0.3 is 0 Å². The normalized spacial score (nSPS) is 13.0. The number of aryl methyl sites for hydroxylation is 1. The number of nitrogens with two attached hydrogens (primary N) is 1. The molecule has 2 N–H and O–H groups in total. The Balaban J connectivity index is 2.38. The second-order valence-corrected chi connectivity index (χ2v) is 4.81. The number of rotatable bonds is 3. The van der Waals surface area contributed by atoms with E-state index in [1.165, 1.54) is 4.88 Å². The molecule has 0 aromatic carbocycles. The standard InChI is InChI=1S/C11H14N2OS/c1-7(6-12)11-13-10(8(2)15-11)9-4-3-5-14-9/h3-5,7H,6,12H2,1-2H3. The molecule has 0 aliphatic carbocycles. The Morgan fingerprint density at radius 2 is 2.40 bits per heavy atom. The lowest BCUT2D eigenvalue weighted by atomic mass is 10.2. The van der Waals surface area contributed by atoms with Crippen LogP contribution in [0.2, 0.25) is 0 Å². The monoisotopic (exact) mass is 222 g/mol. The quantitative estimate of drug-likeness (QED) is 0.868. The zero-order chi connectivity index (χ0) is 10.8. The molecule has 2 aromatic heterocycles. The Labute approximate surface area is 92.9 Å². The van der Waals surface area contributed by atoms with Gasteiger partial charge < -0.3 is 10.2 Å². The van der Waals surface area contributed by atoms with Gasteiger partial charge in [0.2, 0.25) is 0 Å². The minimum Gasteiger partial charge on any atom is -0.463 e. The van der Waals surface area contributed by atoms with Crippen LogP contribution < -0.4 is 5.73 Å². The smallest absolute Gasteiger partial charge is 0.153 e. The fourth-order valence-electron chi connectivity index (χ4n) is 1.37. The van der Waals surface area contributed by atoms with Crippen LogP contribution in [0, 0.1) is 6.92 Å². The molecule has 2 aromatic rings. The van der Waals surface area contributed by atoms with Crippen LogP contribution in [0.25, 0.3) is 11.5 Å². The van der Waals surface area contributed by atoms with Gasteiger partial charge in [0.1, 0.15) is 5.69 Å². The third-order valence-electron chi connectivity index (χ3n) is 2.34. The van der Waals surface area contributed by atoms with Gasteiger partial charge in [-0.2, -0.15) is 0 Å². The summed E-state index contributed by atoms with van der Waals surface area (Å²) in [5.74, 6) is 1.15. The van der Waals surface area contributed by atoms with Crippen LogP contribution in [-0.2, 0) is 0 Å². The highest BCUT2D eigenvalue weighted by molar-refractivity contribution is 7.12. The fourth-order valence-corrected chi connectivity index (χ4v) is 2.36. The number of hydrogen-bond acceptors (Lipinski definition) is 4. The zero-order valence-corrected chi connectivity index (χ0v) is 9.67. The lowest BCUT2D eigenvalue weighted by molar-refractivity contribution is 0.579. The molecule has 0 aliphatic heterocycles. The van der Waals surface area contributed by atoms with E-state index in [4.69, 9.17) is 10.2 Å². The van der Waals surface area contributed by atoms with Crippen LogP contribution >= 0.6 is 11.3 Å². The van der Waals surface area contributed by atoms with Crippen molar-refractivity contribution in [2.45, 2.75) is 19.8 Å². The van der Waals surface area contributed by atoms with E-state index < -0.39 is 0 Å². The van der Waals surface area contributed by atoms with Gasteiger partial charge in [0.15, 0.2) is 5.76 Å². The Bertz CT molecular complexity index is 433. The third kappa shape index (κ3) is 1.96. The third-order valence-corrected chi connectivity index (χ3v) is 3.55. The lowest BCUT2D eigenvalue weighted by Gasteiger charge is -2.01. The molecule has 1 atom stereocenters. The van der Waals surface area contributed by atoms with Gasteiger partial charge in [-0.05, 0) is 19.1 Å². The van der Waals surface area contributed by atoms with Crippen molar-refractivity contribution in [1.82, 2.24) is 4.98 Å². The largest absolute Gasteiger partial charge is 0.463 e. The predicted octanol–water partition coefficient (Wildman–Crippen LogP) is 2.77. The average Bonchev–Trinajstić information content (AvgIpc) is 2.84. The van der Waals surface area contributed by atoms with Gasteiger partial charge in [0.05, 0.1) is 11.3 Å². The van der Waals surface area contributed by atoms with Crippen molar-refractivity contribution in [2.24, 2.45) is 5.73 Å². The summed E-state index contributed by atoms with van der Waals surface area (Å²) in [5, 5.41) is 1.08. The molecule has 0 saturated carbocycles. The Morgan fingerprint density at radius 1 is 1.60 bits per heavy atom. The summed E-state index contributed by atoms with van der Waals surface area (Å²) >= 11 is 1.69. The van der Waals surface area contributed by atoms with Gasteiger partial charge in [0, 0.05) is 17.3 Å². The molecule has 0 aliphatic rings. The van der Waals surface area contributed by atoms with E-state index in [-0.39, 0.29) is 0 Å². The Kier molecular flexibility index (Phi) is 2.88. The lowest BCUT2D eigenvalue weighted by Crippen LogP contribution is -2.08. The van der Waals surface area contributed by atoms with E-state index in [1.54, 1.807) is 17.6 Å². The van der Waals surface area contributed by atoms with Crippen molar-refractivity contribution in [3.05, 3.63) is 28.3 Å². The minimum absolute atomic E-state index is 0.317. The van der Waals surface area contributed by atoms with Crippen LogP contribution in [0.4, 0.5) is 0 Å². The highest BCUT2D eigenvalue weighted by Crippen LogP contribution is 2.30. The van der Waals surface area contributed by atoms with Gasteiger partial charge in [-0.3, -0.25) is 0 Å².